The van der Waals surface area contributed by atoms with E-state index in [9.17, 15) is 8.78 Å². The van der Waals surface area contributed by atoms with E-state index in [1.165, 1.54) is 0 Å². The molecule has 0 amide bonds. The van der Waals surface area contributed by atoms with Crippen LogP contribution in [0.25, 0.3) is 0 Å². The van der Waals surface area contributed by atoms with E-state index in [0.717, 1.165) is 6.20 Å². The molecule has 1 atom stereocenters. The van der Waals surface area contributed by atoms with Crippen LogP contribution in [0.4, 0.5) is 8.78 Å². The molecule has 0 aromatic carbocycles. The summed E-state index contributed by atoms with van der Waals surface area (Å²) in [4.78, 5) is 3.37. The maximum Gasteiger partial charge on any atom is 0.148 e. The van der Waals surface area contributed by atoms with Crippen molar-refractivity contribution in [3.8, 4) is 0 Å². The molecule has 0 aliphatic rings. The van der Waals surface area contributed by atoms with Crippen molar-refractivity contribution in [1.82, 2.24) is 4.98 Å². The van der Waals surface area contributed by atoms with Crippen LogP contribution in [-0.4, -0.2) is 12.8 Å². The van der Waals surface area contributed by atoms with E-state index in [-0.39, 0.29) is 5.69 Å². The molecular weight excluding hydrogens is 170 g/mol. The molecule has 0 spiro atoms. The number of pyridine rings is 1. The predicted octanol–water partition coefficient (Wildman–Crippen LogP) is 1.77. The first kappa shape index (κ1) is 8.46. The molecule has 0 aliphatic carbocycles. The number of alkyl halides is 1. The Morgan fingerprint density at radius 2 is 2.18 bits per heavy atom. The molecule has 0 aliphatic heterocycles. The summed E-state index contributed by atoms with van der Waals surface area (Å²) in [5, 5.41) is -1.03. The third kappa shape index (κ3) is 1.90. The molecule has 5 heteroatoms. The third-order valence-corrected chi connectivity index (χ3v) is 1.30. The van der Waals surface area contributed by atoms with Crippen LogP contribution in [0.3, 0.4) is 0 Å². The molecule has 11 heavy (non-hydrogen) atoms. The molecule has 1 aromatic heterocycles. The Labute approximate surface area is 68.8 Å². The SMILES string of the molecule is [B]C(Cl)c1ncc(F)cc1F. The summed E-state index contributed by atoms with van der Waals surface area (Å²) in [7, 11) is 5.11. The van der Waals surface area contributed by atoms with Crippen molar-refractivity contribution in [3.63, 3.8) is 0 Å². The van der Waals surface area contributed by atoms with E-state index in [1.807, 2.05) is 0 Å². The van der Waals surface area contributed by atoms with Crippen LogP contribution in [0.1, 0.15) is 11.0 Å². The molecule has 0 fully saturated rings. The van der Waals surface area contributed by atoms with Gasteiger partial charge in [-0.3, -0.25) is 4.98 Å². The van der Waals surface area contributed by atoms with Crippen molar-refractivity contribution in [2.75, 3.05) is 0 Å². The molecule has 0 saturated heterocycles. The van der Waals surface area contributed by atoms with Crippen molar-refractivity contribution in [2.45, 2.75) is 5.28 Å². The lowest BCUT2D eigenvalue weighted by Crippen LogP contribution is -1.98. The Morgan fingerprint density at radius 1 is 1.55 bits per heavy atom. The summed E-state index contributed by atoms with van der Waals surface area (Å²) in [5.74, 6) is -1.57. The summed E-state index contributed by atoms with van der Waals surface area (Å²) >= 11 is 5.31. The van der Waals surface area contributed by atoms with Crippen LogP contribution in [0.2, 0.25) is 0 Å². The molecule has 56 valence electrons. The van der Waals surface area contributed by atoms with Gasteiger partial charge in [-0.2, -0.15) is 0 Å². The van der Waals surface area contributed by atoms with Crippen LogP contribution in [0.15, 0.2) is 12.3 Å². The van der Waals surface area contributed by atoms with Gasteiger partial charge in [-0.05, 0) is 0 Å². The minimum Gasteiger partial charge on any atom is -0.254 e. The van der Waals surface area contributed by atoms with Gasteiger partial charge in [0, 0.05) is 11.3 Å². The number of hydrogen-bond donors (Lipinski definition) is 0. The van der Waals surface area contributed by atoms with E-state index >= 15 is 0 Å². The summed E-state index contributed by atoms with van der Waals surface area (Å²) in [6.07, 6.45) is 0.862. The highest BCUT2D eigenvalue weighted by molar-refractivity contribution is 6.40. The van der Waals surface area contributed by atoms with Gasteiger partial charge in [0.05, 0.1) is 11.9 Å². The first-order valence-corrected chi connectivity index (χ1v) is 3.25. The lowest BCUT2D eigenvalue weighted by molar-refractivity contribution is 0.563. The molecule has 0 N–H and O–H groups in total. The highest BCUT2D eigenvalue weighted by Gasteiger charge is 2.09. The van der Waals surface area contributed by atoms with Gasteiger partial charge in [0.1, 0.15) is 19.5 Å². The van der Waals surface area contributed by atoms with Crippen molar-refractivity contribution < 1.29 is 8.78 Å². The lowest BCUT2D eigenvalue weighted by Gasteiger charge is -2.02. The second-order valence-electron chi connectivity index (χ2n) is 1.92. The normalized spacial score (nSPS) is 13.0. The Bertz CT molecular complexity index is 267. The van der Waals surface area contributed by atoms with Crippen molar-refractivity contribution >= 4 is 19.4 Å². The van der Waals surface area contributed by atoms with Gasteiger partial charge < -0.3 is 0 Å². The predicted molar refractivity (Wildman–Crippen MR) is 38.5 cm³/mol. The average Bonchev–Trinajstić information content (AvgIpc) is 1.85. The topological polar surface area (TPSA) is 12.9 Å². The fourth-order valence-electron chi connectivity index (χ4n) is 0.628. The van der Waals surface area contributed by atoms with E-state index in [0.29, 0.717) is 6.07 Å². The number of nitrogens with zero attached hydrogens (tertiary/aromatic N) is 1. The zero-order chi connectivity index (χ0) is 8.43. The quantitative estimate of drug-likeness (QED) is 0.466. The number of aromatic nitrogens is 1. The van der Waals surface area contributed by atoms with Crippen LogP contribution < -0.4 is 0 Å². The Hall–Kier alpha value is -0.635. The van der Waals surface area contributed by atoms with E-state index in [4.69, 9.17) is 19.4 Å². The Balaban J connectivity index is 3.09. The van der Waals surface area contributed by atoms with Crippen LogP contribution in [0.5, 0.6) is 0 Å². The number of halogens is 3. The summed E-state index contributed by atoms with van der Waals surface area (Å²) < 4.78 is 24.9. The van der Waals surface area contributed by atoms with E-state index < -0.39 is 16.9 Å². The number of hydrogen-bond acceptors (Lipinski definition) is 1. The monoisotopic (exact) mass is 173 g/mol. The minimum absolute atomic E-state index is 0.145. The second kappa shape index (κ2) is 3.18. The molecule has 2 radical (unpaired) electrons. The van der Waals surface area contributed by atoms with Crippen molar-refractivity contribution in [2.24, 2.45) is 0 Å². The molecular formula is C6H3BClF2N. The summed E-state index contributed by atoms with van der Waals surface area (Å²) in [6.45, 7) is 0. The van der Waals surface area contributed by atoms with E-state index in [2.05, 4.69) is 4.98 Å². The smallest absolute Gasteiger partial charge is 0.148 e. The van der Waals surface area contributed by atoms with Gasteiger partial charge in [0.25, 0.3) is 0 Å². The average molecular weight is 173 g/mol. The Kier molecular flexibility index (Phi) is 2.44. The standard InChI is InChI=1S/C6H3BClF2N/c7-6(8)5-4(10)1-3(9)2-11-5/h1-2,6H. The molecule has 0 saturated carbocycles. The molecule has 1 nitrogen and oxygen atoms in total. The molecule has 1 aromatic rings. The Morgan fingerprint density at radius 3 is 2.64 bits per heavy atom. The van der Waals surface area contributed by atoms with Crippen LogP contribution in [-0.2, 0) is 0 Å². The van der Waals surface area contributed by atoms with Crippen LogP contribution >= 0.6 is 11.6 Å². The zero-order valence-corrected chi connectivity index (χ0v) is 6.15. The van der Waals surface area contributed by atoms with Gasteiger partial charge in [-0.25, -0.2) is 8.78 Å². The van der Waals surface area contributed by atoms with Crippen molar-refractivity contribution in [1.29, 1.82) is 0 Å². The van der Waals surface area contributed by atoms with E-state index in [1.54, 1.807) is 0 Å². The molecule has 0 bridgehead atoms. The van der Waals surface area contributed by atoms with Gasteiger partial charge >= 0.3 is 0 Å². The molecule has 1 unspecified atom stereocenters. The second-order valence-corrected chi connectivity index (χ2v) is 2.39. The molecule has 1 heterocycles. The maximum absolute atomic E-state index is 12.6. The first-order valence-electron chi connectivity index (χ1n) is 2.82. The van der Waals surface area contributed by atoms with Gasteiger partial charge in [0.15, 0.2) is 0 Å². The van der Waals surface area contributed by atoms with Gasteiger partial charge in [0.2, 0.25) is 0 Å². The maximum atomic E-state index is 12.6. The highest BCUT2D eigenvalue weighted by Crippen LogP contribution is 2.17. The largest absolute Gasteiger partial charge is 0.254 e. The summed E-state index contributed by atoms with van der Waals surface area (Å²) in [6, 6.07) is 0.685. The minimum atomic E-state index is -1.03. The van der Waals surface area contributed by atoms with Crippen molar-refractivity contribution in [3.05, 3.63) is 29.6 Å². The van der Waals surface area contributed by atoms with Gasteiger partial charge in [-0.15, -0.1) is 11.6 Å². The first-order chi connectivity index (χ1) is 5.11. The lowest BCUT2D eigenvalue weighted by atomic mass is 10.0. The fourth-order valence-corrected chi connectivity index (χ4v) is 0.789. The van der Waals surface area contributed by atoms with Gasteiger partial charge in [-0.1, -0.05) is 0 Å². The fraction of sp³-hybridized carbons (Fsp3) is 0.167. The summed E-state index contributed by atoms with van der Waals surface area (Å²) in [5.41, 5.74) is -0.145. The van der Waals surface area contributed by atoms with Crippen LogP contribution in [0, 0.1) is 11.6 Å². The molecule has 1 rings (SSSR count). The zero-order valence-electron chi connectivity index (χ0n) is 5.39. The third-order valence-electron chi connectivity index (χ3n) is 1.10. The highest BCUT2D eigenvalue weighted by atomic mass is 35.5. The number of rotatable bonds is 1.